The Hall–Kier alpha value is -2.41. The van der Waals surface area contributed by atoms with Crippen LogP contribution in [0, 0.1) is 0 Å². The van der Waals surface area contributed by atoms with E-state index < -0.39 is 11.7 Å². The van der Waals surface area contributed by atoms with Crippen LogP contribution in [-0.2, 0) is 17.6 Å². The molecule has 0 fully saturated rings. The van der Waals surface area contributed by atoms with Crippen molar-refractivity contribution >= 4 is 34.5 Å². The van der Waals surface area contributed by atoms with Crippen molar-refractivity contribution in [2.24, 2.45) is 0 Å². The van der Waals surface area contributed by atoms with Gasteiger partial charge < -0.3 is 25.1 Å². The molecule has 7 nitrogen and oxygen atoms in total. The third-order valence-corrected chi connectivity index (χ3v) is 4.64. The minimum absolute atomic E-state index is 0.240. The maximum Gasteiger partial charge on any atom is 0.407 e. The summed E-state index contributed by atoms with van der Waals surface area (Å²) in [6.45, 7) is 6.31. The van der Waals surface area contributed by atoms with Crippen LogP contribution in [0.15, 0.2) is 6.07 Å². The quantitative estimate of drug-likeness (QED) is 0.743. The second-order valence-electron chi connectivity index (χ2n) is 7.44. The van der Waals surface area contributed by atoms with Gasteiger partial charge in [0.15, 0.2) is 0 Å². The zero-order valence-electron chi connectivity index (χ0n) is 15.9. The van der Waals surface area contributed by atoms with Crippen molar-refractivity contribution in [1.82, 2.24) is 15.6 Å². The summed E-state index contributed by atoms with van der Waals surface area (Å²) in [5, 5.41) is 6.60. The van der Waals surface area contributed by atoms with E-state index in [1.165, 1.54) is 0 Å². The maximum atomic E-state index is 12.3. The fraction of sp³-hybridized carbons (Fsp3) is 0.474. The lowest BCUT2D eigenvalue weighted by molar-refractivity contribution is 0.0528. The molecular formula is C19H24ClN3O4. The maximum absolute atomic E-state index is 12.3. The molecule has 1 aromatic heterocycles. The van der Waals surface area contributed by atoms with Crippen LogP contribution in [0.1, 0.15) is 42.4 Å². The average Bonchev–Trinajstić information content (AvgIpc) is 3.18. The van der Waals surface area contributed by atoms with E-state index in [1.807, 2.05) is 6.07 Å². The molecule has 27 heavy (non-hydrogen) atoms. The smallest absolute Gasteiger partial charge is 0.407 e. The van der Waals surface area contributed by atoms with Gasteiger partial charge in [0.2, 0.25) is 0 Å². The van der Waals surface area contributed by atoms with Crippen LogP contribution >= 0.6 is 11.6 Å². The van der Waals surface area contributed by atoms with Crippen LogP contribution in [0.4, 0.5) is 4.79 Å². The Bertz CT molecular complexity index is 899. The lowest BCUT2D eigenvalue weighted by atomic mass is 10.0. The highest BCUT2D eigenvalue weighted by Crippen LogP contribution is 2.41. The Morgan fingerprint density at radius 3 is 2.78 bits per heavy atom. The molecule has 2 heterocycles. The van der Waals surface area contributed by atoms with Gasteiger partial charge in [-0.15, -0.1) is 0 Å². The first-order valence-corrected chi connectivity index (χ1v) is 9.26. The lowest BCUT2D eigenvalue weighted by Crippen LogP contribution is -2.33. The Morgan fingerprint density at radius 1 is 1.37 bits per heavy atom. The number of halogens is 1. The Balaban J connectivity index is 1.90. The minimum atomic E-state index is -0.570. The number of nitrogens with one attached hydrogen (secondary N) is 3. The standard InChI is InChI=1S/C19H24ClN3O4/c1-19(2,3)27-18(25)22-7-5-11-13-12(23-15(11)17(24)21-4)9-10-6-8-26-16(10)14(13)20/h9,23H,5-8H2,1-4H3,(H,21,24)(H,22,25). The molecule has 2 aromatic rings. The zero-order valence-corrected chi connectivity index (χ0v) is 16.7. The molecule has 0 saturated heterocycles. The minimum Gasteiger partial charge on any atom is -0.491 e. The van der Waals surface area contributed by atoms with Gasteiger partial charge in [-0.2, -0.15) is 0 Å². The molecule has 3 N–H and O–H groups in total. The Labute approximate surface area is 162 Å². The van der Waals surface area contributed by atoms with Gasteiger partial charge in [0.1, 0.15) is 17.0 Å². The summed E-state index contributed by atoms with van der Waals surface area (Å²) in [6.07, 6.45) is 0.703. The molecule has 146 valence electrons. The molecular weight excluding hydrogens is 370 g/mol. The van der Waals surface area contributed by atoms with Crippen LogP contribution in [0.3, 0.4) is 0 Å². The van der Waals surface area contributed by atoms with Crippen molar-refractivity contribution in [2.45, 2.75) is 39.2 Å². The summed E-state index contributed by atoms with van der Waals surface area (Å²) in [6, 6.07) is 1.97. The van der Waals surface area contributed by atoms with Gasteiger partial charge in [-0.05, 0) is 38.8 Å². The summed E-state index contributed by atoms with van der Waals surface area (Å²) < 4.78 is 10.9. The van der Waals surface area contributed by atoms with E-state index in [2.05, 4.69) is 15.6 Å². The van der Waals surface area contributed by atoms with Crippen LogP contribution < -0.4 is 15.4 Å². The van der Waals surface area contributed by atoms with Crippen LogP contribution in [-0.4, -0.2) is 42.8 Å². The van der Waals surface area contributed by atoms with E-state index in [4.69, 9.17) is 21.1 Å². The van der Waals surface area contributed by atoms with E-state index in [9.17, 15) is 9.59 Å². The molecule has 0 aliphatic carbocycles. The topological polar surface area (TPSA) is 92.5 Å². The molecule has 1 aliphatic rings. The number of carbonyl (C=O) groups is 2. The van der Waals surface area contributed by atoms with Gasteiger partial charge >= 0.3 is 6.09 Å². The number of alkyl carbamates (subject to hydrolysis) is 1. The molecule has 0 radical (unpaired) electrons. The van der Waals surface area contributed by atoms with Gasteiger partial charge in [-0.1, -0.05) is 11.6 Å². The molecule has 1 aliphatic heterocycles. The predicted molar refractivity (Wildman–Crippen MR) is 104 cm³/mol. The van der Waals surface area contributed by atoms with Gasteiger partial charge in [0.05, 0.1) is 11.6 Å². The van der Waals surface area contributed by atoms with Crippen molar-refractivity contribution < 1.29 is 19.1 Å². The number of benzene rings is 1. The third-order valence-electron chi connectivity index (χ3n) is 4.28. The summed E-state index contributed by atoms with van der Waals surface area (Å²) in [7, 11) is 1.57. The molecule has 1 aromatic carbocycles. The second kappa shape index (κ2) is 7.31. The highest BCUT2D eigenvalue weighted by Gasteiger charge is 2.25. The summed E-state index contributed by atoms with van der Waals surface area (Å²) >= 11 is 6.59. The summed E-state index contributed by atoms with van der Waals surface area (Å²) in [5.74, 6) is 0.434. The molecule has 3 rings (SSSR count). The highest BCUT2D eigenvalue weighted by atomic mass is 35.5. The number of aromatic amines is 1. The fourth-order valence-corrected chi connectivity index (χ4v) is 3.58. The number of hydrogen-bond acceptors (Lipinski definition) is 4. The SMILES string of the molecule is CNC(=O)c1[nH]c2cc3c(c(Cl)c2c1CCNC(=O)OC(C)(C)C)OCC3. The predicted octanol–water partition coefficient (Wildman–Crippen LogP) is 3.18. The molecule has 0 spiro atoms. The second-order valence-corrected chi connectivity index (χ2v) is 7.81. The van der Waals surface area contributed by atoms with Crippen molar-refractivity contribution in [3.05, 3.63) is 27.9 Å². The first kappa shape index (κ1) is 19.4. The van der Waals surface area contributed by atoms with E-state index in [1.54, 1.807) is 27.8 Å². The molecule has 0 saturated carbocycles. The number of aromatic nitrogens is 1. The van der Waals surface area contributed by atoms with Gasteiger partial charge in [0.25, 0.3) is 5.91 Å². The van der Waals surface area contributed by atoms with Crippen molar-refractivity contribution in [3.63, 3.8) is 0 Å². The number of amides is 2. The zero-order chi connectivity index (χ0) is 19.8. The van der Waals surface area contributed by atoms with Crippen LogP contribution in [0.2, 0.25) is 5.02 Å². The summed E-state index contributed by atoms with van der Waals surface area (Å²) in [4.78, 5) is 27.4. The Morgan fingerprint density at radius 2 is 2.11 bits per heavy atom. The lowest BCUT2D eigenvalue weighted by Gasteiger charge is -2.19. The van der Waals surface area contributed by atoms with E-state index in [0.717, 1.165) is 28.5 Å². The summed E-state index contributed by atoms with van der Waals surface area (Å²) in [5.41, 5.74) is 2.41. The number of H-pyrrole nitrogens is 1. The van der Waals surface area contributed by atoms with Gasteiger partial charge in [-0.3, -0.25) is 4.79 Å². The number of fused-ring (bicyclic) bond motifs is 2. The van der Waals surface area contributed by atoms with Crippen molar-refractivity contribution in [3.8, 4) is 5.75 Å². The highest BCUT2D eigenvalue weighted by molar-refractivity contribution is 6.37. The largest absolute Gasteiger partial charge is 0.491 e. The monoisotopic (exact) mass is 393 g/mol. The normalized spacial score (nSPS) is 13.2. The first-order chi connectivity index (χ1) is 12.7. The molecule has 0 unspecified atom stereocenters. The molecule has 0 bridgehead atoms. The number of ether oxygens (including phenoxy) is 2. The Kier molecular flexibility index (Phi) is 5.24. The van der Waals surface area contributed by atoms with Crippen LogP contribution in [0.25, 0.3) is 10.9 Å². The number of rotatable bonds is 4. The number of hydrogen-bond donors (Lipinski definition) is 3. The third kappa shape index (κ3) is 3.98. The molecule has 0 atom stereocenters. The number of carbonyl (C=O) groups excluding carboxylic acids is 2. The van der Waals surface area contributed by atoms with Crippen molar-refractivity contribution in [1.29, 1.82) is 0 Å². The first-order valence-electron chi connectivity index (χ1n) is 8.89. The molecule has 2 amide bonds. The van der Waals surface area contributed by atoms with E-state index in [-0.39, 0.29) is 5.91 Å². The molecule has 8 heteroatoms. The van der Waals surface area contributed by atoms with E-state index >= 15 is 0 Å². The van der Waals surface area contributed by atoms with Gasteiger partial charge in [-0.25, -0.2) is 4.79 Å². The van der Waals surface area contributed by atoms with Gasteiger partial charge in [0, 0.05) is 36.5 Å². The fourth-order valence-electron chi connectivity index (χ4n) is 3.19. The van der Waals surface area contributed by atoms with E-state index in [0.29, 0.717) is 36.0 Å². The van der Waals surface area contributed by atoms with Crippen molar-refractivity contribution in [2.75, 3.05) is 20.2 Å². The van der Waals surface area contributed by atoms with Crippen LogP contribution in [0.5, 0.6) is 5.75 Å². The average molecular weight is 394 g/mol.